The molecular formula is C21H21N5O5S. The molecule has 0 bridgehead atoms. The van der Waals surface area contributed by atoms with Crippen molar-refractivity contribution >= 4 is 27.5 Å². The van der Waals surface area contributed by atoms with Crippen molar-refractivity contribution in [2.75, 3.05) is 10.6 Å². The van der Waals surface area contributed by atoms with Crippen molar-refractivity contribution in [3.05, 3.63) is 71.5 Å². The minimum absolute atomic E-state index is 0.249. The maximum atomic E-state index is 12.5. The lowest BCUT2D eigenvalue weighted by molar-refractivity contribution is 0.0842. The average Bonchev–Trinajstić information content (AvgIpc) is 3.30. The van der Waals surface area contributed by atoms with Gasteiger partial charge in [-0.15, -0.1) is 0 Å². The number of anilines is 1. The lowest BCUT2D eigenvalue weighted by atomic mass is 10.1. The van der Waals surface area contributed by atoms with Crippen molar-refractivity contribution in [2.45, 2.75) is 19.4 Å². The van der Waals surface area contributed by atoms with E-state index in [0.29, 0.717) is 17.8 Å². The molecule has 2 heterocycles. The first-order valence-corrected chi connectivity index (χ1v) is 11.6. The minimum Gasteiger partial charge on any atom is -0.504 e. The second-order valence-electron chi connectivity index (χ2n) is 7.51. The summed E-state index contributed by atoms with van der Waals surface area (Å²) in [5.74, 6) is -1.72. The van der Waals surface area contributed by atoms with Crippen LogP contribution in [0, 0.1) is 0 Å². The van der Waals surface area contributed by atoms with Crippen LogP contribution in [0.15, 0.2) is 54.7 Å². The van der Waals surface area contributed by atoms with Gasteiger partial charge in [0.2, 0.25) is 10.0 Å². The molecule has 10 nitrogen and oxygen atoms in total. The summed E-state index contributed by atoms with van der Waals surface area (Å²) in [7, 11) is -3.43. The Morgan fingerprint density at radius 1 is 1.09 bits per heavy atom. The first-order chi connectivity index (χ1) is 15.1. The van der Waals surface area contributed by atoms with Crippen LogP contribution in [0.3, 0.4) is 0 Å². The Kier molecular flexibility index (Phi) is 5.35. The van der Waals surface area contributed by atoms with Crippen molar-refractivity contribution in [3.63, 3.8) is 0 Å². The highest BCUT2D eigenvalue weighted by Gasteiger charge is 2.32. The zero-order valence-electron chi connectivity index (χ0n) is 17.3. The number of hydrogen-bond donors (Lipinski definition) is 3. The molecule has 1 aliphatic rings. The maximum absolute atomic E-state index is 12.5. The Bertz CT molecular complexity index is 1300. The summed E-state index contributed by atoms with van der Waals surface area (Å²) in [5.41, 5.74) is 6.44. The zero-order valence-corrected chi connectivity index (χ0v) is 18.1. The molecular weight excluding hydrogens is 434 g/mol. The molecule has 11 heteroatoms. The van der Waals surface area contributed by atoms with Gasteiger partial charge in [0.25, 0.3) is 11.8 Å². The van der Waals surface area contributed by atoms with E-state index in [-0.39, 0.29) is 23.0 Å². The van der Waals surface area contributed by atoms with Gasteiger partial charge in [0.1, 0.15) is 0 Å². The van der Waals surface area contributed by atoms with E-state index in [4.69, 9.17) is 0 Å². The van der Waals surface area contributed by atoms with E-state index in [1.807, 2.05) is 6.07 Å². The van der Waals surface area contributed by atoms with Crippen LogP contribution in [0.2, 0.25) is 0 Å². The second kappa shape index (κ2) is 8.00. The van der Waals surface area contributed by atoms with Crippen molar-refractivity contribution in [2.24, 2.45) is 0 Å². The third-order valence-electron chi connectivity index (χ3n) is 5.07. The van der Waals surface area contributed by atoms with Crippen LogP contribution >= 0.6 is 0 Å². The Balaban J connectivity index is 1.45. The summed E-state index contributed by atoms with van der Waals surface area (Å²) < 4.78 is 26.7. The molecule has 0 radical (unpaired) electrons. The third-order valence-corrected chi connectivity index (χ3v) is 6.34. The Morgan fingerprint density at radius 3 is 2.47 bits per heavy atom. The first-order valence-electron chi connectivity index (χ1n) is 9.72. The molecule has 1 aliphatic heterocycles. The molecule has 1 atom stereocenters. The number of aromatic hydroxyl groups is 1. The number of sulfonamides is 1. The van der Waals surface area contributed by atoms with Gasteiger partial charge in [0.15, 0.2) is 11.4 Å². The van der Waals surface area contributed by atoms with Crippen LogP contribution in [-0.4, -0.2) is 47.4 Å². The fraction of sp³-hybridized carbons (Fsp3) is 0.190. The van der Waals surface area contributed by atoms with Crippen LogP contribution < -0.4 is 15.2 Å². The highest BCUT2D eigenvalue weighted by atomic mass is 32.2. The molecule has 0 saturated carbocycles. The molecule has 0 spiro atoms. The van der Waals surface area contributed by atoms with Gasteiger partial charge in [-0.1, -0.05) is 18.2 Å². The van der Waals surface area contributed by atoms with E-state index in [1.54, 1.807) is 43.3 Å². The number of hydrazine groups is 1. The van der Waals surface area contributed by atoms with Crippen molar-refractivity contribution in [1.29, 1.82) is 0 Å². The van der Waals surface area contributed by atoms with Crippen LogP contribution in [-0.2, 0) is 16.4 Å². The molecule has 3 N–H and O–H groups in total. The van der Waals surface area contributed by atoms with Crippen molar-refractivity contribution in [3.8, 4) is 11.4 Å². The summed E-state index contributed by atoms with van der Waals surface area (Å²) in [6.07, 6.45) is 2.91. The fourth-order valence-electron chi connectivity index (χ4n) is 3.73. The highest BCUT2D eigenvalue weighted by Crippen LogP contribution is 2.34. The standard InChI is InChI=1S/C21H21N5O5S/c1-13-10-15-11-14(8-9-17(15)26(13)32(2,30)31)20(28)22-23-21(29)19-18(27)12-25(24-19)16-6-4-3-5-7-16/h3-9,11-13,27H,10H2,1-2H3,(H,22,28)(H,23,29). The average molecular weight is 455 g/mol. The summed E-state index contributed by atoms with van der Waals surface area (Å²) in [4.78, 5) is 24.9. The largest absolute Gasteiger partial charge is 0.504 e. The summed E-state index contributed by atoms with van der Waals surface area (Å²) in [6.45, 7) is 1.79. The first kappa shape index (κ1) is 21.4. The maximum Gasteiger partial charge on any atom is 0.294 e. The van der Waals surface area contributed by atoms with E-state index in [2.05, 4.69) is 16.0 Å². The lowest BCUT2D eigenvalue weighted by Crippen LogP contribution is -2.41. The number of rotatable bonds is 4. The summed E-state index contributed by atoms with van der Waals surface area (Å²) in [6, 6.07) is 13.3. The Morgan fingerprint density at radius 2 is 1.78 bits per heavy atom. The Hall–Kier alpha value is -3.86. The molecule has 32 heavy (non-hydrogen) atoms. The number of aromatic nitrogens is 2. The number of nitrogens with one attached hydrogen (secondary N) is 2. The second-order valence-corrected chi connectivity index (χ2v) is 9.37. The molecule has 0 saturated heterocycles. The molecule has 3 aromatic rings. The molecule has 2 amide bonds. The third kappa shape index (κ3) is 4.02. The van der Waals surface area contributed by atoms with E-state index < -0.39 is 21.8 Å². The van der Waals surface area contributed by atoms with Crippen LogP contribution in [0.4, 0.5) is 5.69 Å². The van der Waals surface area contributed by atoms with Gasteiger partial charge in [-0.25, -0.2) is 13.1 Å². The zero-order chi connectivity index (χ0) is 23.0. The number of carbonyl (C=O) groups is 2. The van der Waals surface area contributed by atoms with Gasteiger partial charge in [-0.2, -0.15) is 5.10 Å². The van der Waals surface area contributed by atoms with Gasteiger partial charge in [0, 0.05) is 11.6 Å². The predicted octanol–water partition coefficient (Wildman–Crippen LogP) is 1.36. The quantitative estimate of drug-likeness (QED) is 0.509. The van der Waals surface area contributed by atoms with E-state index >= 15 is 0 Å². The van der Waals surface area contributed by atoms with Gasteiger partial charge >= 0.3 is 0 Å². The number of hydrogen-bond acceptors (Lipinski definition) is 6. The minimum atomic E-state index is -3.43. The number of fused-ring (bicyclic) bond motifs is 1. The van der Waals surface area contributed by atoms with Gasteiger partial charge in [-0.3, -0.25) is 24.7 Å². The smallest absolute Gasteiger partial charge is 0.294 e. The number of benzene rings is 2. The van der Waals surface area contributed by atoms with Crippen molar-refractivity contribution in [1.82, 2.24) is 20.6 Å². The lowest BCUT2D eigenvalue weighted by Gasteiger charge is -2.21. The van der Waals surface area contributed by atoms with Gasteiger partial charge in [0.05, 0.1) is 23.8 Å². The molecule has 1 aromatic heterocycles. The van der Waals surface area contributed by atoms with Crippen molar-refractivity contribution < 1.29 is 23.1 Å². The normalized spacial score (nSPS) is 15.3. The van der Waals surface area contributed by atoms with Crippen LogP contribution in [0.25, 0.3) is 5.69 Å². The summed E-state index contributed by atoms with van der Waals surface area (Å²) >= 11 is 0. The molecule has 0 aliphatic carbocycles. The van der Waals surface area contributed by atoms with Gasteiger partial charge in [-0.05, 0) is 49.2 Å². The molecule has 166 valence electrons. The van der Waals surface area contributed by atoms with E-state index in [1.165, 1.54) is 21.3 Å². The molecule has 1 unspecified atom stereocenters. The SMILES string of the molecule is CC1Cc2cc(C(=O)NNC(=O)c3nn(-c4ccccc4)cc3O)ccc2N1S(C)(=O)=O. The number of para-hydroxylation sites is 1. The number of amides is 2. The van der Waals surface area contributed by atoms with E-state index in [0.717, 1.165) is 11.8 Å². The Labute approximate surface area is 184 Å². The monoisotopic (exact) mass is 455 g/mol. The van der Waals surface area contributed by atoms with Gasteiger partial charge < -0.3 is 5.11 Å². The highest BCUT2D eigenvalue weighted by molar-refractivity contribution is 7.92. The fourth-order valence-corrected chi connectivity index (χ4v) is 5.00. The molecule has 0 fully saturated rings. The number of nitrogens with zero attached hydrogens (tertiary/aromatic N) is 3. The van der Waals surface area contributed by atoms with E-state index in [9.17, 15) is 23.1 Å². The molecule has 2 aromatic carbocycles. The topological polar surface area (TPSA) is 134 Å². The van der Waals surface area contributed by atoms with Crippen LogP contribution in [0.5, 0.6) is 5.75 Å². The number of carbonyl (C=O) groups excluding carboxylic acids is 2. The van der Waals surface area contributed by atoms with Crippen LogP contribution in [0.1, 0.15) is 33.3 Å². The molecule has 4 rings (SSSR count). The predicted molar refractivity (Wildman–Crippen MR) is 117 cm³/mol. The summed E-state index contributed by atoms with van der Waals surface area (Å²) in [5, 5.41) is 14.1.